The summed E-state index contributed by atoms with van der Waals surface area (Å²) in [6.45, 7) is 6.39. The Morgan fingerprint density at radius 3 is 2.93 bits per heavy atom. The van der Waals surface area contributed by atoms with Crippen molar-refractivity contribution in [1.82, 2.24) is 4.90 Å². The number of carbonyl (C=O) groups excluding carboxylic acids is 1. The summed E-state index contributed by atoms with van der Waals surface area (Å²) in [5, 5.41) is 0. The topological polar surface area (TPSA) is 55.6 Å². The van der Waals surface area contributed by atoms with Crippen molar-refractivity contribution in [3.8, 4) is 0 Å². The van der Waals surface area contributed by atoms with E-state index in [-0.39, 0.29) is 18.5 Å². The van der Waals surface area contributed by atoms with Crippen LogP contribution in [0.2, 0.25) is 0 Å². The van der Waals surface area contributed by atoms with E-state index in [9.17, 15) is 4.79 Å². The lowest BCUT2D eigenvalue weighted by molar-refractivity contribution is -0.138. The summed E-state index contributed by atoms with van der Waals surface area (Å²) < 4.78 is 5.37. The maximum Gasteiger partial charge on any atom is 0.236 e. The summed E-state index contributed by atoms with van der Waals surface area (Å²) in [4.78, 5) is 13.4. The van der Waals surface area contributed by atoms with E-state index in [1.807, 2.05) is 4.90 Å². The molecule has 1 amide bonds. The van der Waals surface area contributed by atoms with Crippen molar-refractivity contribution in [3.05, 3.63) is 0 Å². The van der Waals surface area contributed by atoms with E-state index in [4.69, 9.17) is 10.5 Å². The first kappa shape index (κ1) is 11.5. The van der Waals surface area contributed by atoms with Crippen LogP contribution in [-0.2, 0) is 9.53 Å². The van der Waals surface area contributed by atoms with Crippen molar-refractivity contribution in [3.63, 3.8) is 0 Å². The zero-order valence-electron chi connectivity index (χ0n) is 9.03. The van der Waals surface area contributed by atoms with Crippen molar-refractivity contribution in [2.45, 2.75) is 26.3 Å². The van der Waals surface area contributed by atoms with Crippen LogP contribution in [-0.4, -0.2) is 43.2 Å². The fourth-order valence-electron chi connectivity index (χ4n) is 1.84. The van der Waals surface area contributed by atoms with Gasteiger partial charge in [-0.1, -0.05) is 13.8 Å². The van der Waals surface area contributed by atoms with Gasteiger partial charge in [0.2, 0.25) is 5.91 Å². The lowest BCUT2D eigenvalue weighted by atomic mass is 10.0. The molecule has 82 valence electrons. The third-order valence-electron chi connectivity index (χ3n) is 2.47. The van der Waals surface area contributed by atoms with E-state index < -0.39 is 0 Å². The molecular formula is C10H20N2O2. The predicted octanol–water partition coefficient (Wildman–Crippen LogP) is 0.219. The molecule has 0 aromatic carbocycles. The number of amides is 1. The smallest absolute Gasteiger partial charge is 0.236 e. The molecule has 1 fully saturated rings. The van der Waals surface area contributed by atoms with Crippen molar-refractivity contribution < 1.29 is 9.53 Å². The molecule has 1 rings (SSSR count). The zero-order valence-corrected chi connectivity index (χ0v) is 9.03. The summed E-state index contributed by atoms with van der Waals surface area (Å²) in [6.07, 6.45) is 0.992. The van der Waals surface area contributed by atoms with E-state index in [1.165, 1.54) is 0 Å². The molecule has 0 saturated carbocycles. The molecule has 4 heteroatoms. The van der Waals surface area contributed by atoms with Crippen molar-refractivity contribution in [2.75, 3.05) is 26.3 Å². The summed E-state index contributed by atoms with van der Waals surface area (Å²) in [7, 11) is 0. The molecule has 1 atom stereocenters. The summed E-state index contributed by atoms with van der Waals surface area (Å²) >= 11 is 0. The van der Waals surface area contributed by atoms with Gasteiger partial charge in [0.05, 0.1) is 25.8 Å². The van der Waals surface area contributed by atoms with Crippen LogP contribution in [0.25, 0.3) is 0 Å². The highest BCUT2D eigenvalue weighted by Crippen LogP contribution is 2.15. The highest BCUT2D eigenvalue weighted by atomic mass is 16.5. The lowest BCUT2D eigenvalue weighted by Crippen LogP contribution is -2.51. The summed E-state index contributed by atoms with van der Waals surface area (Å²) in [5.41, 5.74) is 5.36. The molecule has 0 aromatic rings. The standard InChI is InChI=1S/C10H20N2O2/c1-8(2)5-9-7-14-4-3-12(9)10(13)6-11/h8-9H,3-7,11H2,1-2H3. The molecule has 1 unspecified atom stereocenters. The van der Waals surface area contributed by atoms with Gasteiger partial charge in [-0.3, -0.25) is 4.79 Å². The monoisotopic (exact) mass is 200 g/mol. The Balaban J connectivity index is 2.54. The number of nitrogens with zero attached hydrogens (tertiary/aromatic N) is 1. The van der Waals surface area contributed by atoms with Crippen molar-refractivity contribution in [2.24, 2.45) is 11.7 Å². The second-order valence-electron chi connectivity index (χ2n) is 4.15. The van der Waals surface area contributed by atoms with Crippen LogP contribution in [0.5, 0.6) is 0 Å². The fraction of sp³-hybridized carbons (Fsp3) is 0.900. The Hall–Kier alpha value is -0.610. The molecular weight excluding hydrogens is 180 g/mol. The number of ether oxygens (including phenoxy) is 1. The highest BCUT2D eigenvalue weighted by Gasteiger charge is 2.26. The number of nitrogens with two attached hydrogens (primary N) is 1. The first-order chi connectivity index (χ1) is 6.65. The molecule has 2 N–H and O–H groups in total. The second kappa shape index (κ2) is 5.32. The van der Waals surface area contributed by atoms with Crippen LogP contribution in [0.4, 0.5) is 0 Å². The van der Waals surface area contributed by atoms with Gasteiger partial charge in [-0.25, -0.2) is 0 Å². The Morgan fingerprint density at radius 1 is 1.64 bits per heavy atom. The molecule has 0 spiro atoms. The van der Waals surface area contributed by atoms with Crippen LogP contribution < -0.4 is 5.73 Å². The number of morpholine rings is 1. The largest absolute Gasteiger partial charge is 0.377 e. The molecule has 0 radical (unpaired) electrons. The maximum atomic E-state index is 11.5. The normalized spacial score (nSPS) is 22.9. The van der Waals surface area contributed by atoms with Gasteiger partial charge in [-0.2, -0.15) is 0 Å². The van der Waals surface area contributed by atoms with Crippen LogP contribution in [0.3, 0.4) is 0 Å². The Morgan fingerprint density at radius 2 is 2.36 bits per heavy atom. The van der Waals surface area contributed by atoms with Gasteiger partial charge in [0.25, 0.3) is 0 Å². The number of hydrogen-bond donors (Lipinski definition) is 1. The molecule has 1 aliphatic rings. The third kappa shape index (κ3) is 2.96. The SMILES string of the molecule is CC(C)CC1COCCN1C(=O)CN. The molecule has 0 aliphatic carbocycles. The fourth-order valence-corrected chi connectivity index (χ4v) is 1.84. The Kier molecular flexibility index (Phi) is 4.35. The van der Waals surface area contributed by atoms with Crippen molar-refractivity contribution in [1.29, 1.82) is 0 Å². The average molecular weight is 200 g/mol. The minimum atomic E-state index is 0.0407. The van der Waals surface area contributed by atoms with Crippen LogP contribution >= 0.6 is 0 Å². The number of hydrogen-bond acceptors (Lipinski definition) is 3. The van der Waals surface area contributed by atoms with E-state index in [0.29, 0.717) is 25.7 Å². The number of rotatable bonds is 3. The first-order valence-corrected chi connectivity index (χ1v) is 5.22. The van der Waals surface area contributed by atoms with Crippen LogP contribution in [0.15, 0.2) is 0 Å². The summed E-state index contributed by atoms with van der Waals surface area (Å²) in [5.74, 6) is 0.619. The molecule has 1 saturated heterocycles. The molecule has 0 aromatic heterocycles. The molecule has 0 bridgehead atoms. The van der Waals surface area contributed by atoms with Gasteiger partial charge >= 0.3 is 0 Å². The van der Waals surface area contributed by atoms with Crippen LogP contribution in [0.1, 0.15) is 20.3 Å². The molecule has 14 heavy (non-hydrogen) atoms. The van der Waals surface area contributed by atoms with Gasteiger partial charge in [-0.05, 0) is 12.3 Å². The molecule has 4 nitrogen and oxygen atoms in total. The van der Waals surface area contributed by atoms with E-state index in [1.54, 1.807) is 0 Å². The molecule has 1 aliphatic heterocycles. The number of carbonyl (C=O) groups is 1. The highest BCUT2D eigenvalue weighted by molar-refractivity contribution is 5.78. The van der Waals surface area contributed by atoms with Gasteiger partial charge in [0.1, 0.15) is 0 Å². The predicted molar refractivity (Wildman–Crippen MR) is 54.8 cm³/mol. The Bertz CT molecular complexity index is 195. The zero-order chi connectivity index (χ0) is 10.6. The van der Waals surface area contributed by atoms with E-state index >= 15 is 0 Å². The van der Waals surface area contributed by atoms with Gasteiger partial charge in [-0.15, -0.1) is 0 Å². The molecule has 1 heterocycles. The lowest BCUT2D eigenvalue weighted by Gasteiger charge is -2.36. The van der Waals surface area contributed by atoms with Gasteiger partial charge in [0, 0.05) is 6.54 Å². The summed E-state index contributed by atoms with van der Waals surface area (Å²) in [6, 6.07) is 0.222. The third-order valence-corrected chi connectivity index (χ3v) is 2.47. The van der Waals surface area contributed by atoms with Gasteiger partial charge in [0.15, 0.2) is 0 Å². The maximum absolute atomic E-state index is 11.5. The van der Waals surface area contributed by atoms with Crippen LogP contribution in [0, 0.1) is 5.92 Å². The van der Waals surface area contributed by atoms with Crippen molar-refractivity contribution >= 4 is 5.91 Å². The Labute approximate surface area is 85.4 Å². The second-order valence-corrected chi connectivity index (χ2v) is 4.15. The van der Waals surface area contributed by atoms with E-state index in [0.717, 1.165) is 6.42 Å². The van der Waals surface area contributed by atoms with Gasteiger partial charge < -0.3 is 15.4 Å². The van der Waals surface area contributed by atoms with E-state index in [2.05, 4.69) is 13.8 Å². The first-order valence-electron chi connectivity index (χ1n) is 5.22. The minimum Gasteiger partial charge on any atom is -0.377 e. The average Bonchev–Trinajstić information content (AvgIpc) is 2.16. The minimum absolute atomic E-state index is 0.0407. The quantitative estimate of drug-likeness (QED) is 0.709.